The van der Waals surface area contributed by atoms with E-state index in [1.165, 1.54) is 11.6 Å². The predicted molar refractivity (Wildman–Crippen MR) is 95.2 cm³/mol. The Kier molecular flexibility index (Phi) is 4.09. The number of aromatic amines is 2. The van der Waals surface area contributed by atoms with Gasteiger partial charge < -0.3 is 14.9 Å². The van der Waals surface area contributed by atoms with Crippen molar-refractivity contribution in [1.29, 1.82) is 0 Å². The maximum atomic E-state index is 12.8. The minimum absolute atomic E-state index is 0.0498. The fourth-order valence-corrected chi connectivity index (χ4v) is 3.69. The van der Waals surface area contributed by atoms with Crippen molar-refractivity contribution >= 4 is 16.8 Å². The van der Waals surface area contributed by atoms with Crippen molar-refractivity contribution < 1.29 is 4.79 Å². The summed E-state index contributed by atoms with van der Waals surface area (Å²) in [5.41, 5.74) is 2.67. The average molecular weight is 336 g/mol. The molecule has 0 aliphatic carbocycles. The lowest BCUT2D eigenvalue weighted by Crippen LogP contribution is -2.32. The molecule has 1 atom stereocenters. The maximum absolute atomic E-state index is 12.8. The van der Waals surface area contributed by atoms with Crippen LogP contribution < -0.4 is 5.69 Å². The zero-order valence-electron chi connectivity index (χ0n) is 13.9. The van der Waals surface area contributed by atoms with Crippen LogP contribution in [0, 0.1) is 0 Å². The van der Waals surface area contributed by atoms with Crippen LogP contribution in [0.3, 0.4) is 0 Å². The van der Waals surface area contributed by atoms with Gasteiger partial charge in [-0.3, -0.25) is 4.79 Å². The van der Waals surface area contributed by atoms with Crippen LogP contribution in [0.25, 0.3) is 10.9 Å². The van der Waals surface area contributed by atoms with E-state index in [9.17, 15) is 9.59 Å². The second-order valence-electron chi connectivity index (χ2n) is 6.43. The Morgan fingerprint density at radius 3 is 3.04 bits per heavy atom. The zero-order valence-corrected chi connectivity index (χ0v) is 13.9. The molecule has 0 bridgehead atoms. The molecule has 4 rings (SSSR count). The van der Waals surface area contributed by atoms with Gasteiger partial charge in [0, 0.05) is 42.0 Å². The number of rotatable bonds is 4. The Morgan fingerprint density at radius 2 is 2.16 bits per heavy atom. The van der Waals surface area contributed by atoms with Gasteiger partial charge in [-0.05, 0) is 37.0 Å². The van der Waals surface area contributed by atoms with Gasteiger partial charge in [0.15, 0.2) is 0 Å². The van der Waals surface area contributed by atoms with Gasteiger partial charge in [-0.25, -0.2) is 9.78 Å². The molecule has 1 unspecified atom stereocenters. The Bertz CT molecular complexity index is 959. The number of benzene rings is 1. The molecule has 0 saturated carbocycles. The molecule has 2 N–H and O–H groups in total. The minimum Gasteiger partial charge on any atom is -0.361 e. The van der Waals surface area contributed by atoms with E-state index >= 15 is 0 Å². The smallest absolute Gasteiger partial charge is 0.345 e. The van der Waals surface area contributed by atoms with Crippen molar-refractivity contribution in [3.05, 3.63) is 64.5 Å². The topological polar surface area (TPSA) is 81.8 Å². The monoisotopic (exact) mass is 336 g/mol. The number of nitrogens with one attached hydrogen (secondary N) is 2. The van der Waals surface area contributed by atoms with Crippen molar-refractivity contribution in [3.63, 3.8) is 0 Å². The average Bonchev–Trinajstić information content (AvgIpc) is 3.27. The summed E-state index contributed by atoms with van der Waals surface area (Å²) in [6.07, 6.45) is 6.49. The molecule has 1 fully saturated rings. The van der Waals surface area contributed by atoms with E-state index in [1.807, 2.05) is 29.3 Å². The number of aryl methyl sites for hydroxylation is 1. The highest BCUT2D eigenvalue weighted by Gasteiger charge is 2.30. The fraction of sp³-hybridized carbons (Fsp3) is 0.316. The first kappa shape index (κ1) is 15.6. The predicted octanol–water partition coefficient (Wildman–Crippen LogP) is 2.55. The second kappa shape index (κ2) is 6.55. The molecule has 25 heavy (non-hydrogen) atoms. The normalized spacial score (nSPS) is 17.3. The van der Waals surface area contributed by atoms with Crippen molar-refractivity contribution in [2.75, 3.05) is 6.54 Å². The number of hydrogen-bond acceptors (Lipinski definition) is 3. The summed E-state index contributed by atoms with van der Waals surface area (Å²) in [5, 5.41) is 1.17. The van der Waals surface area contributed by atoms with Crippen molar-refractivity contribution in [1.82, 2.24) is 19.9 Å². The van der Waals surface area contributed by atoms with E-state index < -0.39 is 0 Å². The van der Waals surface area contributed by atoms with E-state index in [1.54, 1.807) is 6.07 Å². The van der Waals surface area contributed by atoms with Gasteiger partial charge in [0.1, 0.15) is 0 Å². The molecule has 2 aromatic heterocycles. The highest BCUT2D eigenvalue weighted by molar-refractivity contribution is 5.84. The van der Waals surface area contributed by atoms with Gasteiger partial charge in [0.25, 0.3) is 0 Å². The number of hydrogen-bond donors (Lipinski definition) is 2. The van der Waals surface area contributed by atoms with Gasteiger partial charge in [0.2, 0.25) is 5.91 Å². The number of nitrogens with zero attached hydrogens (tertiary/aromatic N) is 2. The lowest BCUT2D eigenvalue weighted by molar-refractivity contribution is -0.132. The number of aromatic nitrogens is 3. The van der Waals surface area contributed by atoms with Gasteiger partial charge in [-0.1, -0.05) is 18.2 Å². The first-order valence-electron chi connectivity index (χ1n) is 8.62. The number of likely N-dealkylation sites (tertiary alicyclic amines) is 1. The summed E-state index contributed by atoms with van der Waals surface area (Å²) in [6, 6.07) is 9.86. The van der Waals surface area contributed by atoms with E-state index in [-0.39, 0.29) is 17.6 Å². The van der Waals surface area contributed by atoms with Crippen LogP contribution in [0.15, 0.2) is 47.5 Å². The minimum atomic E-state index is -0.365. The largest absolute Gasteiger partial charge is 0.361 e. The Labute approximate surface area is 144 Å². The molecule has 6 heteroatoms. The number of carbonyl (C=O) groups excluding carboxylic acids is 1. The number of amides is 1. The number of carbonyl (C=O) groups is 1. The van der Waals surface area contributed by atoms with Crippen LogP contribution in [0.1, 0.15) is 36.6 Å². The third-order valence-corrected chi connectivity index (χ3v) is 4.91. The quantitative estimate of drug-likeness (QED) is 0.768. The molecular weight excluding hydrogens is 316 g/mol. The number of fused-ring (bicyclic) bond motifs is 1. The third-order valence-electron chi connectivity index (χ3n) is 4.91. The maximum Gasteiger partial charge on any atom is 0.345 e. The number of H-pyrrole nitrogens is 2. The van der Waals surface area contributed by atoms with Gasteiger partial charge in [0.05, 0.1) is 6.04 Å². The fourth-order valence-electron chi connectivity index (χ4n) is 3.69. The van der Waals surface area contributed by atoms with Crippen LogP contribution >= 0.6 is 0 Å². The van der Waals surface area contributed by atoms with E-state index in [4.69, 9.17) is 0 Å². The number of para-hydroxylation sites is 1. The lowest BCUT2D eigenvalue weighted by Gasteiger charge is -2.24. The summed E-state index contributed by atoms with van der Waals surface area (Å²) in [6.45, 7) is 0.738. The summed E-state index contributed by atoms with van der Waals surface area (Å²) >= 11 is 0. The SMILES string of the molecule is O=C(CCc1c[nH]c2ccccc12)N1CCCC1c1ccnc(=O)[nH]1. The highest BCUT2D eigenvalue weighted by atomic mass is 16.2. The van der Waals surface area contributed by atoms with Crippen LogP contribution in [-0.2, 0) is 11.2 Å². The molecule has 1 aliphatic rings. The third kappa shape index (κ3) is 3.07. The molecule has 0 spiro atoms. The van der Waals surface area contributed by atoms with Gasteiger partial charge >= 0.3 is 5.69 Å². The lowest BCUT2D eigenvalue weighted by atomic mass is 10.1. The van der Waals surface area contributed by atoms with Crippen LogP contribution in [0.4, 0.5) is 0 Å². The molecule has 1 saturated heterocycles. The van der Waals surface area contributed by atoms with E-state index in [0.717, 1.165) is 36.2 Å². The summed E-state index contributed by atoms with van der Waals surface area (Å²) in [5.74, 6) is 0.130. The Morgan fingerprint density at radius 1 is 1.28 bits per heavy atom. The van der Waals surface area contributed by atoms with Gasteiger partial charge in [-0.15, -0.1) is 0 Å². The van der Waals surface area contributed by atoms with Crippen molar-refractivity contribution in [2.24, 2.45) is 0 Å². The Hall–Kier alpha value is -2.89. The first-order chi connectivity index (χ1) is 12.2. The molecule has 3 heterocycles. The molecular formula is C19H20N4O2. The van der Waals surface area contributed by atoms with Crippen LogP contribution in [0.2, 0.25) is 0 Å². The zero-order chi connectivity index (χ0) is 17.2. The summed E-state index contributed by atoms with van der Waals surface area (Å²) in [4.78, 5) is 35.8. The molecule has 6 nitrogen and oxygen atoms in total. The highest BCUT2D eigenvalue weighted by Crippen LogP contribution is 2.31. The first-order valence-corrected chi connectivity index (χ1v) is 8.62. The van der Waals surface area contributed by atoms with E-state index in [2.05, 4.69) is 21.0 Å². The van der Waals surface area contributed by atoms with Crippen LogP contribution in [0.5, 0.6) is 0 Å². The second-order valence-corrected chi connectivity index (χ2v) is 6.43. The summed E-state index contributed by atoms with van der Waals surface area (Å²) < 4.78 is 0. The van der Waals surface area contributed by atoms with E-state index in [0.29, 0.717) is 12.8 Å². The van der Waals surface area contributed by atoms with Crippen molar-refractivity contribution in [3.8, 4) is 0 Å². The van der Waals surface area contributed by atoms with Gasteiger partial charge in [-0.2, -0.15) is 0 Å². The molecule has 0 radical (unpaired) electrons. The standard InChI is InChI=1S/C19H20N4O2/c24-18(8-7-13-12-21-15-5-2-1-4-14(13)15)23-11-3-6-17(23)16-9-10-20-19(25)22-16/h1-2,4-5,9-10,12,17,21H,3,6-8,11H2,(H,20,22,25). The molecule has 3 aromatic rings. The Balaban J connectivity index is 1.48. The molecule has 1 amide bonds. The molecule has 128 valence electrons. The summed E-state index contributed by atoms with van der Waals surface area (Å²) in [7, 11) is 0. The van der Waals surface area contributed by atoms with Crippen molar-refractivity contribution in [2.45, 2.75) is 31.7 Å². The molecule has 1 aromatic carbocycles. The molecule has 1 aliphatic heterocycles. The van der Waals surface area contributed by atoms with Crippen LogP contribution in [-0.4, -0.2) is 32.3 Å².